The monoisotopic (exact) mass is 349 g/mol. The summed E-state index contributed by atoms with van der Waals surface area (Å²) >= 11 is 3.12. The molecule has 1 aromatic heterocycles. The Kier molecular flexibility index (Phi) is 7.12. The summed E-state index contributed by atoms with van der Waals surface area (Å²) in [6, 6.07) is 10.8. The molecule has 2 aromatic rings. The summed E-state index contributed by atoms with van der Waals surface area (Å²) in [4.78, 5) is 23.7. The van der Waals surface area contributed by atoms with E-state index in [1.807, 2.05) is 17.5 Å². The first-order chi connectivity index (χ1) is 11.2. The van der Waals surface area contributed by atoms with Gasteiger partial charge in [0.05, 0.1) is 9.96 Å². The van der Waals surface area contributed by atoms with Gasteiger partial charge in [0.25, 0.3) is 5.91 Å². The fourth-order valence-corrected chi connectivity index (χ4v) is 3.37. The topological polar surface area (TPSA) is 84.2 Å². The van der Waals surface area contributed by atoms with Crippen molar-refractivity contribution in [2.75, 3.05) is 24.2 Å². The third-order valence-electron chi connectivity index (χ3n) is 2.94. The molecule has 0 radical (unpaired) electrons. The van der Waals surface area contributed by atoms with E-state index in [2.05, 4.69) is 10.6 Å². The average Bonchev–Trinajstić information content (AvgIpc) is 3.07. The summed E-state index contributed by atoms with van der Waals surface area (Å²) in [5.74, 6) is 0.162. The van der Waals surface area contributed by atoms with Gasteiger partial charge in [0, 0.05) is 17.8 Å². The van der Waals surface area contributed by atoms with Crippen LogP contribution in [0.1, 0.15) is 16.8 Å². The van der Waals surface area contributed by atoms with Crippen LogP contribution in [-0.4, -0.2) is 30.7 Å². The molecule has 122 valence electrons. The first-order valence-electron chi connectivity index (χ1n) is 7.23. The Labute approximate surface area is 143 Å². The van der Waals surface area contributed by atoms with Crippen molar-refractivity contribution in [3.63, 3.8) is 0 Å². The van der Waals surface area contributed by atoms with Gasteiger partial charge in [-0.15, -0.1) is 23.1 Å². The van der Waals surface area contributed by atoms with E-state index >= 15 is 0 Å². The molecule has 4 N–H and O–H groups in total. The fraction of sp³-hybridized carbons (Fsp3) is 0.250. The molecule has 1 aromatic carbocycles. The maximum Gasteiger partial charge on any atom is 0.251 e. The SMILES string of the molecule is NCCCNC(=O)c1ccc(NC(=O)CSc2cccs2)cc1. The number of thioether (sulfide) groups is 1. The minimum atomic E-state index is -0.135. The Morgan fingerprint density at radius 1 is 1.17 bits per heavy atom. The van der Waals surface area contributed by atoms with Crippen LogP contribution in [0.25, 0.3) is 0 Å². The number of anilines is 1. The number of hydrogen-bond acceptors (Lipinski definition) is 5. The van der Waals surface area contributed by atoms with Crippen molar-refractivity contribution in [1.29, 1.82) is 0 Å². The zero-order valence-electron chi connectivity index (χ0n) is 12.6. The highest BCUT2D eigenvalue weighted by atomic mass is 32.2. The predicted octanol–water partition coefficient (Wildman–Crippen LogP) is 2.56. The molecule has 0 atom stereocenters. The van der Waals surface area contributed by atoms with E-state index in [9.17, 15) is 9.59 Å². The lowest BCUT2D eigenvalue weighted by atomic mass is 10.2. The van der Waals surface area contributed by atoms with Crippen LogP contribution in [0, 0.1) is 0 Å². The molecule has 2 rings (SSSR count). The Morgan fingerprint density at radius 3 is 2.61 bits per heavy atom. The van der Waals surface area contributed by atoms with Gasteiger partial charge in [0.1, 0.15) is 0 Å². The molecular formula is C16H19N3O2S2. The van der Waals surface area contributed by atoms with E-state index in [1.165, 1.54) is 11.8 Å². The van der Waals surface area contributed by atoms with Crippen molar-refractivity contribution in [1.82, 2.24) is 5.32 Å². The van der Waals surface area contributed by atoms with Crippen molar-refractivity contribution in [3.8, 4) is 0 Å². The van der Waals surface area contributed by atoms with Crippen LogP contribution in [-0.2, 0) is 4.79 Å². The zero-order valence-corrected chi connectivity index (χ0v) is 14.2. The van der Waals surface area contributed by atoms with Gasteiger partial charge >= 0.3 is 0 Å². The molecule has 7 heteroatoms. The Hall–Kier alpha value is -1.83. The van der Waals surface area contributed by atoms with Crippen LogP contribution in [0.4, 0.5) is 5.69 Å². The number of nitrogens with two attached hydrogens (primary N) is 1. The van der Waals surface area contributed by atoms with Crippen molar-refractivity contribution in [2.24, 2.45) is 5.73 Å². The van der Waals surface area contributed by atoms with Crippen LogP contribution in [0.2, 0.25) is 0 Å². The molecule has 0 spiro atoms. The first kappa shape index (κ1) is 17.5. The molecule has 0 bridgehead atoms. The Morgan fingerprint density at radius 2 is 1.96 bits per heavy atom. The number of benzene rings is 1. The molecule has 23 heavy (non-hydrogen) atoms. The lowest BCUT2D eigenvalue weighted by molar-refractivity contribution is -0.113. The van der Waals surface area contributed by atoms with Gasteiger partial charge in [-0.25, -0.2) is 0 Å². The standard InChI is InChI=1S/C16H19N3O2S2/c17-8-2-9-18-16(21)12-4-6-13(7-5-12)19-14(20)11-23-15-3-1-10-22-15/h1,3-7,10H,2,8-9,11,17H2,(H,18,21)(H,19,20). The highest BCUT2D eigenvalue weighted by Crippen LogP contribution is 2.23. The van der Waals surface area contributed by atoms with E-state index < -0.39 is 0 Å². The van der Waals surface area contributed by atoms with Gasteiger partial charge in [-0.2, -0.15) is 0 Å². The normalized spacial score (nSPS) is 10.3. The Bertz CT molecular complexity index is 627. The quantitative estimate of drug-likeness (QED) is 0.505. The second-order valence-corrected chi connectivity index (χ2v) is 6.97. The number of carbonyl (C=O) groups is 2. The summed E-state index contributed by atoms with van der Waals surface area (Å²) in [7, 11) is 0. The number of hydrogen-bond donors (Lipinski definition) is 3. The van der Waals surface area contributed by atoms with Crippen LogP contribution in [0.3, 0.4) is 0 Å². The Balaban J connectivity index is 1.79. The number of nitrogens with one attached hydrogen (secondary N) is 2. The maximum absolute atomic E-state index is 11.9. The van der Waals surface area contributed by atoms with Gasteiger partial charge in [-0.3, -0.25) is 9.59 Å². The third-order valence-corrected chi connectivity index (χ3v) is 5.07. The molecule has 0 aliphatic carbocycles. The highest BCUT2D eigenvalue weighted by molar-refractivity contribution is 8.01. The van der Waals surface area contributed by atoms with Crippen molar-refractivity contribution in [3.05, 3.63) is 47.3 Å². The minimum Gasteiger partial charge on any atom is -0.352 e. The summed E-state index contributed by atoms with van der Waals surface area (Å²) in [5, 5.41) is 7.59. The number of rotatable bonds is 8. The van der Waals surface area contributed by atoms with Crippen LogP contribution in [0.5, 0.6) is 0 Å². The van der Waals surface area contributed by atoms with E-state index in [0.717, 1.165) is 10.6 Å². The van der Waals surface area contributed by atoms with E-state index in [-0.39, 0.29) is 11.8 Å². The second kappa shape index (κ2) is 9.34. The molecule has 5 nitrogen and oxygen atoms in total. The van der Waals surface area contributed by atoms with Crippen molar-refractivity contribution in [2.45, 2.75) is 10.6 Å². The molecular weight excluding hydrogens is 330 g/mol. The van der Waals surface area contributed by atoms with Crippen LogP contribution >= 0.6 is 23.1 Å². The lowest BCUT2D eigenvalue weighted by Gasteiger charge is -2.07. The van der Waals surface area contributed by atoms with Gasteiger partial charge in [-0.1, -0.05) is 6.07 Å². The maximum atomic E-state index is 11.9. The molecule has 2 amide bonds. The lowest BCUT2D eigenvalue weighted by Crippen LogP contribution is -2.25. The van der Waals surface area contributed by atoms with E-state index in [0.29, 0.717) is 30.1 Å². The molecule has 1 heterocycles. The number of carbonyl (C=O) groups excluding carboxylic acids is 2. The van der Waals surface area contributed by atoms with Gasteiger partial charge in [0.15, 0.2) is 0 Å². The highest BCUT2D eigenvalue weighted by Gasteiger charge is 2.07. The van der Waals surface area contributed by atoms with Crippen molar-refractivity contribution < 1.29 is 9.59 Å². The fourth-order valence-electron chi connectivity index (χ4n) is 1.79. The van der Waals surface area contributed by atoms with Crippen LogP contribution < -0.4 is 16.4 Å². The molecule has 0 saturated heterocycles. The molecule has 0 fully saturated rings. The summed E-state index contributed by atoms with van der Waals surface area (Å²) in [5.41, 5.74) is 6.63. The molecule has 0 saturated carbocycles. The third kappa shape index (κ3) is 6.05. The predicted molar refractivity (Wildman–Crippen MR) is 96.1 cm³/mol. The van der Waals surface area contributed by atoms with Crippen molar-refractivity contribution >= 4 is 40.6 Å². The summed E-state index contributed by atoms with van der Waals surface area (Å²) < 4.78 is 1.12. The summed E-state index contributed by atoms with van der Waals surface area (Å²) in [6.45, 7) is 1.11. The largest absolute Gasteiger partial charge is 0.352 e. The van der Waals surface area contributed by atoms with Gasteiger partial charge < -0.3 is 16.4 Å². The molecule has 0 aliphatic heterocycles. The first-order valence-corrected chi connectivity index (χ1v) is 9.10. The minimum absolute atomic E-state index is 0.0662. The smallest absolute Gasteiger partial charge is 0.251 e. The van der Waals surface area contributed by atoms with E-state index in [1.54, 1.807) is 35.6 Å². The average molecular weight is 349 g/mol. The number of amides is 2. The van der Waals surface area contributed by atoms with E-state index in [4.69, 9.17) is 5.73 Å². The second-order valence-electron chi connectivity index (χ2n) is 4.74. The summed E-state index contributed by atoms with van der Waals surface area (Å²) in [6.07, 6.45) is 0.752. The van der Waals surface area contributed by atoms with Crippen LogP contribution in [0.15, 0.2) is 46.0 Å². The molecule has 0 unspecified atom stereocenters. The number of thiophene rings is 1. The van der Waals surface area contributed by atoms with Gasteiger partial charge in [-0.05, 0) is 48.7 Å². The molecule has 0 aliphatic rings. The zero-order chi connectivity index (χ0) is 16.5. The van der Waals surface area contributed by atoms with Gasteiger partial charge in [0.2, 0.25) is 5.91 Å².